The van der Waals surface area contributed by atoms with E-state index in [0.717, 1.165) is 69.8 Å². The fourth-order valence-electron chi connectivity index (χ4n) is 5.12. The molecule has 7 heteroatoms. The first-order chi connectivity index (χ1) is 17.9. The van der Waals surface area contributed by atoms with Gasteiger partial charge in [0.25, 0.3) is 0 Å². The van der Waals surface area contributed by atoms with Gasteiger partial charge in [0.15, 0.2) is 0 Å². The molecule has 0 bridgehead atoms. The molecule has 0 saturated heterocycles. The summed E-state index contributed by atoms with van der Waals surface area (Å²) < 4.78 is 0. The van der Waals surface area contributed by atoms with E-state index >= 15 is 0 Å². The molecule has 2 atom stereocenters. The first-order valence-corrected chi connectivity index (χ1v) is 16.7. The van der Waals surface area contributed by atoms with Crippen LogP contribution in [0.5, 0.6) is 11.5 Å². The summed E-state index contributed by atoms with van der Waals surface area (Å²) in [7, 11) is 9.78. The zero-order valence-electron chi connectivity index (χ0n) is 21.0. The second kappa shape index (κ2) is 12.9. The molecule has 37 heavy (non-hydrogen) atoms. The van der Waals surface area contributed by atoms with Crippen LogP contribution in [-0.4, -0.2) is 33.7 Å². The van der Waals surface area contributed by atoms with Crippen molar-refractivity contribution in [1.82, 2.24) is 0 Å². The van der Waals surface area contributed by atoms with Crippen LogP contribution in [0.1, 0.15) is 50.7 Å². The van der Waals surface area contributed by atoms with Gasteiger partial charge in [-0.1, -0.05) is 73.5 Å². The Hall–Kier alpha value is -2.37. The van der Waals surface area contributed by atoms with Crippen molar-refractivity contribution < 1.29 is 27.2 Å². The molecule has 1 aliphatic rings. The van der Waals surface area contributed by atoms with Crippen LogP contribution < -0.4 is 0 Å². The molecule has 0 spiro atoms. The van der Waals surface area contributed by atoms with Crippen molar-refractivity contribution in [3.05, 3.63) is 83.9 Å². The van der Waals surface area contributed by atoms with Gasteiger partial charge in [-0.15, -0.1) is 0 Å². The molecule has 0 aromatic heterocycles. The van der Waals surface area contributed by atoms with E-state index in [1.165, 1.54) is 0 Å². The van der Waals surface area contributed by atoms with Crippen molar-refractivity contribution in [3.8, 4) is 11.5 Å². The number of phenols is 2. The van der Waals surface area contributed by atoms with E-state index in [2.05, 4.69) is 0 Å². The maximum absolute atomic E-state index is 10.9. The average Bonchev–Trinajstić information content (AvgIpc) is 2.91. The maximum atomic E-state index is 10.9. The van der Waals surface area contributed by atoms with Gasteiger partial charge >= 0.3 is 35.6 Å². The van der Waals surface area contributed by atoms with Crippen LogP contribution in [0, 0.1) is 0 Å². The number of rotatable bonds is 4. The Balaban J connectivity index is 0.00000102. The van der Waals surface area contributed by atoms with Crippen molar-refractivity contribution in [2.75, 3.05) is 0 Å². The average molecular weight is 569 g/mol. The molecule has 0 radical (unpaired) electrons. The summed E-state index contributed by atoms with van der Waals surface area (Å²) in [5.41, 5.74) is 3.22. The van der Waals surface area contributed by atoms with Gasteiger partial charge in [0, 0.05) is 33.3 Å². The number of phenolic OH excluding ortho intramolecular Hbond substituents is 2. The Morgan fingerprint density at radius 3 is 1.46 bits per heavy atom. The van der Waals surface area contributed by atoms with Crippen LogP contribution in [-0.2, 0) is 17.0 Å². The molecule has 190 valence electrons. The van der Waals surface area contributed by atoms with Gasteiger partial charge < -0.3 is 10.2 Å². The van der Waals surface area contributed by atoms with E-state index in [4.69, 9.17) is 28.6 Å². The second-order valence-electron chi connectivity index (χ2n) is 9.29. The Morgan fingerprint density at radius 2 is 1.05 bits per heavy atom. The minimum absolute atomic E-state index is 0.0529. The fourth-order valence-corrected chi connectivity index (χ4v) is 5.12. The van der Waals surface area contributed by atoms with Crippen LogP contribution in [0.15, 0.2) is 82.8 Å². The summed E-state index contributed by atoms with van der Waals surface area (Å²) in [6.07, 6.45) is 4.18. The summed E-state index contributed by atoms with van der Waals surface area (Å²) in [6, 6.07) is 23.8. The van der Waals surface area contributed by atoms with Crippen molar-refractivity contribution in [2.45, 2.75) is 51.6 Å². The van der Waals surface area contributed by atoms with Crippen molar-refractivity contribution in [3.63, 3.8) is 0 Å². The predicted octanol–water partition coefficient (Wildman–Crippen LogP) is 8.41. The van der Waals surface area contributed by atoms with Gasteiger partial charge in [0.1, 0.15) is 11.5 Å². The fraction of sp³-hybridized carbons (Fsp3) is 0.267. The number of nitrogens with zero attached hydrogens (tertiary/aromatic N) is 2. The zero-order valence-corrected chi connectivity index (χ0v) is 24.0. The monoisotopic (exact) mass is 568 g/mol. The van der Waals surface area contributed by atoms with Crippen LogP contribution >= 0.6 is 18.6 Å². The Kier molecular flexibility index (Phi) is 9.67. The van der Waals surface area contributed by atoms with Crippen molar-refractivity contribution >= 4 is 51.6 Å². The topological polar surface area (TPSA) is 65.2 Å². The molecule has 1 fully saturated rings. The normalized spacial score (nSPS) is 18.4. The summed E-state index contributed by atoms with van der Waals surface area (Å²) >= 11 is -0.556. The van der Waals surface area contributed by atoms with Gasteiger partial charge in [0.05, 0.1) is 12.1 Å². The van der Waals surface area contributed by atoms with Gasteiger partial charge in [-0.25, -0.2) is 0 Å². The van der Waals surface area contributed by atoms with Crippen LogP contribution in [0.25, 0.3) is 21.5 Å². The van der Waals surface area contributed by atoms with Crippen LogP contribution in [0.2, 0.25) is 0 Å². The molecular weight excluding hydrogens is 539 g/mol. The molecule has 5 rings (SSSR count). The molecule has 0 aliphatic heterocycles. The Morgan fingerprint density at radius 1 is 0.676 bits per heavy atom. The van der Waals surface area contributed by atoms with E-state index in [9.17, 15) is 10.2 Å². The third-order valence-electron chi connectivity index (χ3n) is 6.99. The summed E-state index contributed by atoms with van der Waals surface area (Å²) in [5.74, 6) is 0.569. The van der Waals surface area contributed by atoms with Gasteiger partial charge in [-0.05, 0) is 49.6 Å². The van der Waals surface area contributed by atoms with Crippen molar-refractivity contribution in [2.24, 2.45) is 9.98 Å². The standard InChI is InChI=1S/C30H30N2O2.2ClH.Ti/c1-19(23-17-15-21-9-3-5-11-25(21)29(23)33)31-27-13-7-8-14-28(27)32-20(2)24-18-16-22-10-4-6-12-26(22)30(24)34;;;/h3-6,9-12,15-18,27-28,33-34H,7-8,13-14H2,1-2H3;2*1H;/q;;;+2/p-2/t27-,28-;;;/m1.../s1. The number of aromatic hydroxyl groups is 2. The predicted molar refractivity (Wildman–Crippen MR) is 153 cm³/mol. The number of hydrogen-bond acceptors (Lipinski definition) is 4. The third kappa shape index (κ3) is 6.38. The summed E-state index contributed by atoms with van der Waals surface area (Å²) in [5, 5.41) is 25.5. The summed E-state index contributed by atoms with van der Waals surface area (Å²) in [6.45, 7) is 3.95. The number of fused-ring (bicyclic) bond motifs is 2. The van der Waals surface area contributed by atoms with Crippen LogP contribution in [0.4, 0.5) is 0 Å². The van der Waals surface area contributed by atoms with E-state index in [-0.39, 0.29) is 23.6 Å². The Labute approximate surface area is 234 Å². The molecule has 0 heterocycles. The first-order valence-electron chi connectivity index (χ1n) is 12.4. The number of benzene rings is 4. The second-order valence-corrected chi connectivity index (χ2v) is 11.9. The molecule has 4 nitrogen and oxygen atoms in total. The molecule has 4 aromatic rings. The van der Waals surface area contributed by atoms with Gasteiger partial charge in [-0.3, -0.25) is 9.98 Å². The molecular formula is C30H30Cl2N2O2Ti. The number of halogens is 2. The quantitative estimate of drug-likeness (QED) is 0.192. The SMILES string of the molecule is CC(=N[C@@H]1CCCC[C@H]1N=C(C)c1ccc2ccccc2c1O)c1ccc2ccccc2c1O.[Cl][Ti][Cl]. The first kappa shape index (κ1) is 27.7. The third-order valence-corrected chi connectivity index (χ3v) is 6.99. The number of hydrogen-bond donors (Lipinski definition) is 2. The molecule has 1 aliphatic carbocycles. The van der Waals surface area contributed by atoms with E-state index in [0.29, 0.717) is 0 Å². The van der Waals surface area contributed by atoms with Gasteiger partial charge in [-0.2, -0.15) is 0 Å². The summed E-state index contributed by atoms with van der Waals surface area (Å²) in [4.78, 5) is 10.1. The molecule has 1 saturated carbocycles. The van der Waals surface area contributed by atoms with E-state index in [1.807, 2.05) is 86.6 Å². The van der Waals surface area contributed by atoms with E-state index < -0.39 is 17.0 Å². The minimum atomic E-state index is -0.556. The Bertz CT molecular complexity index is 1350. The van der Waals surface area contributed by atoms with Crippen LogP contribution in [0.3, 0.4) is 0 Å². The molecule has 2 N–H and O–H groups in total. The molecule has 0 unspecified atom stereocenters. The molecule has 4 aromatic carbocycles. The zero-order chi connectivity index (χ0) is 26.4. The van der Waals surface area contributed by atoms with Crippen molar-refractivity contribution in [1.29, 1.82) is 0 Å². The van der Waals surface area contributed by atoms with E-state index in [1.54, 1.807) is 0 Å². The van der Waals surface area contributed by atoms with Gasteiger partial charge in [0.2, 0.25) is 0 Å². The number of aliphatic imine (C=N–C) groups is 2. The molecule has 0 amide bonds.